The minimum Gasteiger partial charge on any atom is -0.466 e. The molecule has 0 N–H and O–H groups in total. The average molecular weight is 277 g/mol. The van der Waals surface area contributed by atoms with Crippen molar-refractivity contribution in [1.82, 2.24) is 0 Å². The highest BCUT2D eigenvalue weighted by molar-refractivity contribution is 5.75. The fourth-order valence-electron chi connectivity index (χ4n) is 1.96. The summed E-state index contributed by atoms with van der Waals surface area (Å²) >= 11 is 0. The molecule has 0 saturated carbocycles. The Bertz CT molecular complexity index is 414. The molecule has 1 rings (SSSR count). The number of benzene rings is 1. The van der Waals surface area contributed by atoms with Crippen molar-refractivity contribution >= 4 is 17.9 Å². The van der Waals surface area contributed by atoms with Gasteiger partial charge < -0.3 is 9.64 Å². The van der Waals surface area contributed by atoms with E-state index in [9.17, 15) is 9.59 Å². The molecule has 0 amide bonds. The Morgan fingerprint density at radius 1 is 1.15 bits per heavy atom. The summed E-state index contributed by atoms with van der Waals surface area (Å²) in [6.45, 7) is 2.94. The van der Waals surface area contributed by atoms with Crippen LogP contribution in [0.15, 0.2) is 24.3 Å². The largest absolute Gasteiger partial charge is 0.466 e. The quantitative estimate of drug-likeness (QED) is 0.395. The van der Waals surface area contributed by atoms with Crippen LogP contribution >= 0.6 is 0 Å². The summed E-state index contributed by atoms with van der Waals surface area (Å²) in [5.41, 5.74) is 1.82. The summed E-state index contributed by atoms with van der Waals surface area (Å²) < 4.78 is 4.88. The van der Waals surface area contributed by atoms with E-state index in [1.807, 2.05) is 24.3 Å². The second kappa shape index (κ2) is 9.13. The normalized spacial score (nSPS) is 10.1. The third-order valence-corrected chi connectivity index (χ3v) is 3.16. The van der Waals surface area contributed by atoms with Crippen molar-refractivity contribution in [1.29, 1.82) is 0 Å². The number of hydrogen-bond acceptors (Lipinski definition) is 4. The smallest absolute Gasteiger partial charge is 0.302 e. The van der Waals surface area contributed by atoms with Crippen LogP contribution in [0.4, 0.5) is 5.69 Å². The standard InChI is InChI=1S/C16H23NO3/c1-14(19)20-12-6-4-3-5-11-17(2)16-9-7-15(13-18)8-10-16/h7-10,13H,3-6,11-12H2,1-2H3. The molecule has 0 aromatic heterocycles. The number of unbranched alkanes of at least 4 members (excludes halogenated alkanes) is 3. The van der Waals surface area contributed by atoms with Gasteiger partial charge in [0.05, 0.1) is 6.61 Å². The van der Waals surface area contributed by atoms with Crippen LogP contribution in [-0.2, 0) is 9.53 Å². The number of ether oxygens (including phenoxy) is 1. The van der Waals surface area contributed by atoms with Crippen LogP contribution in [0.2, 0.25) is 0 Å². The minimum absolute atomic E-state index is 0.205. The summed E-state index contributed by atoms with van der Waals surface area (Å²) in [5.74, 6) is -0.205. The van der Waals surface area contributed by atoms with Crippen LogP contribution in [0.5, 0.6) is 0 Å². The number of rotatable bonds is 9. The Balaban J connectivity index is 2.14. The predicted octanol–water partition coefficient (Wildman–Crippen LogP) is 3.06. The van der Waals surface area contributed by atoms with Crippen molar-refractivity contribution in [3.63, 3.8) is 0 Å². The molecule has 110 valence electrons. The number of esters is 1. The number of hydrogen-bond donors (Lipinski definition) is 0. The van der Waals surface area contributed by atoms with Gasteiger partial charge >= 0.3 is 5.97 Å². The molecule has 1 aromatic rings. The maximum absolute atomic E-state index is 10.6. The molecule has 20 heavy (non-hydrogen) atoms. The molecule has 1 aromatic carbocycles. The van der Waals surface area contributed by atoms with Crippen LogP contribution in [0.3, 0.4) is 0 Å². The molecule has 0 aliphatic carbocycles. The van der Waals surface area contributed by atoms with Crippen molar-refractivity contribution in [3.8, 4) is 0 Å². The van der Waals surface area contributed by atoms with Crippen molar-refractivity contribution in [2.75, 3.05) is 25.1 Å². The second-order valence-electron chi connectivity index (χ2n) is 4.89. The lowest BCUT2D eigenvalue weighted by molar-refractivity contribution is -0.141. The molecule has 0 fully saturated rings. The van der Waals surface area contributed by atoms with E-state index in [4.69, 9.17) is 4.74 Å². The van der Waals surface area contributed by atoms with E-state index in [2.05, 4.69) is 11.9 Å². The maximum atomic E-state index is 10.6. The molecule has 4 nitrogen and oxygen atoms in total. The highest BCUT2D eigenvalue weighted by Gasteiger charge is 2.01. The highest BCUT2D eigenvalue weighted by atomic mass is 16.5. The van der Waals surface area contributed by atoms with Crippen LogP contribution in [0.1, 0.15) is 43.0 Å². The van der Waals surface area contributed by atoms with Crippen LogP contribution in [0, 0.1) is 0 Å². The Kier molecular flexibility index (Phi) is 7.40. The Morgan fingerprint density at radius 2 is 1.80 bits per heavy atom. The van der Waals surface area contributed by atoms with E-state index in [1.165, 1.54) is 6.92 Å². The monoisotopic (exact) mass is 277 g/mol. The number of carbonyl (C=O) groups excluding carboxylic acids is 2. The first-order valence-corrected chi connectivity index (χ1v) is 7.03. The molecular weight excluding hydrogens is 254 g/mol. The topological polar surface area (TPSA) is 46.6 Å². The van der Waals surface area contributed by atoms with Crippen LogP contribution < -0.4 is 4.90 Å². The fourth-order valence-corrected chi connectivity index (χ4v) is 1.96. The van der Waals surface area contributed by atoms with E-state index in [-0.39, 0.29) is 5.97 Å². The number of nitrogens with zero attached hydrogens (tertiary/aromatic N) is 1. The van der Waals surface area contributed by atoms with Gasteiger partial charge in [-0.2, -0.15) is 0 Å². The molecule has 0 bridgehead atoms. The molecule has 0 spiro atoms. The molecule has 0 aliphatic rings. The zero-order valence-corrected chi connectivity index (χ0v) is 12.3. The Morgan fingerprint density at radius 3 is 2.40 bits per heavy atom. The third kappa shape index (κ3) is 6.36. The molecule has 0 saturated heterocycles. The van der Waals surface area contributed by atoms with Gasteiger partial charge in [0, 0.05) is 31.8 Å². The highest BCUT2D eigenvalue weighted by Crippen LogP contribution is 2.14. The minimum atomic E-state index is -0.205. The average Bonchev–Trinajstić information content (AvgIpc) is 2.45. The van der Waals surface area contributed by atoms with Gasteiger partial charge in [-0.1, -0.05) is 6.42 Å². The number of aldehydes is 1. The second-order valence-corrected chi connectivity index (χ2v) is 4.89. The van der Waals surface area contributed by atoms with Gasteiger partial charge in [0.15, 0.2) is 0 Å². The Hall–Kier alpha value is -1.84. The molecule has 0 radical (unpaired) electrons. The van der Waals surface area contributed by atoms with Crippen molar-refractivity contribution < 1.29 is 14.3 Å². The number of anilines is 1. The van der Waals surface area contributed by atoms with Gasteiger partial charge in [-0.25, -0.2) is 0 Å². The van der Waals surface area contributed by atoms with Gasteiger partial charge in [-0.3, -0.25) is 9.59 Å². The van der Waals surface area contributed by atoms with Gasteiger partial charge in [-0.15, -0.1) is 0 Å². The summed E-state index contributed by atoms with van der Waals surface area (Å²) in [7, 11) is 2.05. The van der Waals surface area contributed by atoms with E-state index >= 15 is 0 Å². The van der Waals surface area contributed by atoms with Gasteiger partial charge in [-0.05, 0) is 43.5 Å². The van der Waals surface area contributed by atoms with Crippen molar-refractivity contribution in [2.24, 2.45) is 0 Å². The summed E-state index contributed by atoms with van der Waals surface area (Å²) in [4.78, 5) is 23.3. The van der Waals surface area contributed by atoms with E-state index in [0.29, 0.717) is 12.2 Å². The van der Waals surface area contributed by atoms with Gasteiger partial charge in [0.1, 0.15) is 6.29 Å². The molecule has 0 heterocycles. The first kappa shape index (κ1) is 16.2. The zero-order valence-electron chi connectivity index (χ0n) is 12.3. The predicted molar refractivity (Wildman–Crippen MR) is 80.2 cm³/mol. The van der Waals surface area contributed by atoms with Crippen LogP contribution in [0.25, 0.3) is 0 Å². The third-order valence-electron chi connectivity index (χ3n) is 3.16. The number of carbonyl (C=O) groups is 2. The Labute approximate surface area is 120 Å². The lowest BCUT2D eigenvalue weighted by Gasteiger charge is -2.19. The summed E-state index contributed by atoms with van der Waals surface area (Å²) in [6.07, 6.45) is 5.08. The van der Waals surface area contributed by atoms with Gasteiger partial charge in [0.25, 0.3) is 0 Å². The summed E-state index contributed by atoms with van der Waals surface area (Å²) in [6, 6.07) is 7.59. The first-order chi connectivity index (χ1) is 9.63. The van der Waals surface area contributed by atoms with Gasteiger partial charge in [0.2, 0.25) is 0 Å². The lowest BCUT2D eigenvalue weighted by Crippen LogP contribution is -2.18. The molecule has 0 aliphatic heterocycles. The molecule has 4 heteroatoms. The summed E-state index contributed by atoms with van der Waals surface area (Å²) in [5, 5.41) is 0. The van der Waals surface area contributed by atoms with E-state index < -0.39 is 0 Å². The first-order valence-electron chi connectivity index (χ1n) is 7.03. The maximum Gasteiger partial charge on any atom is 0.302 e. The molecule has 0 atom stereocenters. The van der Waals surface area contributed by atoms with Crippen LogP contribution in [-0.4, -0.2) is 32.5 Å². The fraction of sp³-hybridized carbons (Fsp3) is 0.500. The lowest BCUT2D eigenvalue weighted by atomic mass is 10.1. The molecule has 0 unspecified atom stereocenters. The van der Waals surface area contributed by atoms with E-state index in [0.717, 1.165) is 44.2 Å². The molecular formula is C16H23NO3. The van der Waals surface area contributed by atoms with Crippen molar-refractivity contribution in [3.05, 3.63) is 29.8 Å². The van der Waals surface area contributed by atoms with Crippen molar-refractivity contribution in [2.45, 2.75) is 32.6 Å². The van der Waals surface area contributed by atoms with E-state index in [1.54, 1.807) is 0 Å². The zero-order chi connectivity index (χ0) is 14.8. The SMILES string of the molecule is CC(=O)OCCCCCCN(C)c1ccc(C=O)cc1.